The summed E-state index contributed by atoms with van der Waals surface area (Å²) in [7, 11) is 1.33. The van der Waals surface area contributed by atoms with E-state index in [1.807, 2.05) is 35.2 Å². The van der Waals surface area contributed by atoms with Gasteiger partial charge in [0.2, 0.25) is 5.60 Å². The first-order valence-corrected chi connectivity index (χ1v) is 13.5. The van der Waals surface area contributed by atoms with E-state index in [0.717, 1.165) is 44.3 Å². The fourth-order valence-electron chi connectivity index (χ4n) is 5.78. The fraction of sp³-hybridized carbons (Fsp3) is 0.467. The third-order valence-corrected chi connectivity index (χ3v) is 8.04. The quantitative estimate of drug-likeness (QED) is 0.544. The summed E-state index contributed by atoms with van der Waals surface area (Å²) >= 11 is 0. The number of carbonyl (C=O) groups is 3. The second kappa shape index (κ2) is 11.0. The molecule has 0 radical (unpaired) electrons. The van der Waals surface area contributed by atoms with Crippen LogP contribution in [-0.2, 0) is 25.6 Å². The van der Waals surface area contributed by atoms with E-state index >= 15 is 0 Å². The largest absolute Gasteiger partial charge is 0.467 e. The standard InChI is InChI=1S/C30H35N3O5/c1-30(29(36)33-16-6-9-26(33)28(35)37-2)20-25(31-38-30)23-10-12-24(13-11-23)27(34)32-17-14-22(15-18-32)19-21-7-4-3-5-8-21/h3-5,7-8,10-13,22,26H,6,9,14-20H2,1-2H3. The molecule has 2 aromatic rings. The maximum Gasteiger partial charge on any atom is 0.328 e. The highest BCUT2D eigenvalue weighted by atomic mass is 16.7. The Balaban J connectivity index is 1.16. The van der Waals surface area contributed by atoms with E-state index in [1.54, 1.807) is 11.8 Å². The van der Waals surface area contributed by atoms with Crippen LogP contribution in [0.15, 0.2) is 59.8 Å². The highest BCUT2D eigenvalue weighted by Gasteiger charge is 2.48. The Morgan fingerprint density at radius 2 is 1.71 bits per heavy atom. The van der Waals surface area contributed by atoms with Crippen molar-refractivity contribution in [2.24, 2.45) is 11.1 Å². The molecular weight excluding hydrogens is 482 g/mol. The van der Waals surface area contributed by atoms with Crippen molar-refractivity contribution in [3.8, 4) is 0 Å². The summed E-state index contributed by atoms with van der Waals surface area (Å²) in [5.41, 5.74) is 2.28. The van der Waals surface area contributed by atoms with Gasteiger partial charge in [-0.1, -0.05) is 47.6 Å². The molecule has 0 saturated carbocycles. The van der Waals surface area contributed by atoms with Gasteiger partial charge in [0.15, 0.2) is 0 Å². The van der Waals surface area contributed by atoms with Crippen molar-refractivity contribution < 1.29 is 24.0 Å². The number of hydrogen-bond donors (Lipinski definition) is 0. The lowest BCUT2D eigenvalue weighted by molar-refractivity contribution is -0.161. The number of carbonyl (C=O) groups excluding carboxylic acids is 3. The van der Waals surface area contributed by atoms with Crippen LogP contribution in [0.3, 0.4) is 0 Å². The first kappa shape index (κ1) is 25.9. The molecule has 3 aliphatic heterocycles. The number of piperidine rings is 1. The summed E-state index contributed by atoms with van der Waals surface area (Å²) in [5.74, 6) is -0.0159. The zero-order valence-corrected chi connectivity index (χ0v) is 22.1. The van der Waals surface area contributed by atoms with Crippen LogP contribution in [0.4, 0.5) is 0 Å². The summed E-state index contributed by atoms with van der Waals surface area (Å²) < 4.78 is 4.87. The van der Waals surface area contributed by atoms with Crippen molar-refractivity contribution in [2.45, 2.75) is 57.1 Å². The van der Waals surface area contributed by atoms with E-state index in [-0.39, 0.29) is 11.8 Å². The minimum atomic E-state index is -1.18. The number of ether oxygens (including phenoxy) is 1. The molecule has 2 fully saturated rings. The minimum Gasteiger partial charge on any atom is -0.467 e. The van der Waals surface area contributed by atoms with Gasteiger partial charge in [0, 0.05) is 31.6 Å². The Morgan fingerprint density at radius 1 is 1.00 bits per heavy atom. The third kappa shape index (κ3) is 5.30. The van der Waals surface area contributed by atoms with Gasteiger partial charge in [0.25, 0.3) is 11.8 Å². The molecule has 0 N–H and O–H groups in total. The van der Waals surface area contributed by atoms with Crippen molar-refractivity contribution in [3.05, 3.63) is 71.3 Å². The summed E-state index contributed by atoms with van der Waals surface area (Å²) in [6.45, 7) is 3.73. The van der Waals surface area contributed by atoms with E-state index in [9.17, 15) is 14.4 Å². The van der Waals surface area contributed by atoms with Gasteiger partial charge < -0.3 is 19.4 Å². The van der Waals surface area contributed by atoms with Crippen LogP contribution in [0.1, 0.15) is 60.5 Å². The average molecular weight is 518 g/mol. The SMILES string of the molecule is COC(=O)C1CCCN1C(=O)C1(C)CC(c2ccc(C(=O)N3CCC(Cc4ccccc4)CC3)cc2)=NO1. The molecule has 0 aromatic heterocycles. The van der Waals surface area contributed by atoms with Crippen LogP contribution in [0, 0.1) is 5.92 Å². The number of esters is 1. The number of nitrogens with zero attached hydrogens (tertiary/aromatic N) is 3. The lowest BCUT2D eigenvalue weighted by atomic mass is 9.90. The number of hydrogen-bond acceptors (Lipinski definition) is 6. The predicted molar refractivity (Wildman–Crippen MR) is 143 cm³/mol. The summed E-state index contributed by atoms with van der Waals surface area (Å²) in [6, 6.07) is 17.3. The van der Waals surface area contributed by atoms with Crippen LogP contribution in [0.25, 0.3) is 0 Å². The summed E-state index contributed by atoms with van der Waals surface area (Å²) in [5, 5.41) is 4.21. The van der Waals surface area contributed by atoms with Gasteiger partial charge in [-0.25, -0.2) is 4.79 Å². The zero-order chi connectivity index (χ0) is 26.7. The topological polar surface area (TPSA) is 88.5 Å². The lowest BCUT2D eigenvalue weighted by Gasteiger charge is -2.32. The number of benzene rings is 2. The number of rotatable bonds is 6. The molecule has 2 amide bonds. The van der Waals surface area contributed by atoms with Crippen molar-refractivity contribution in [1.29, 1.82) is 0 Å². The zero-order valence-electron chi connectivity index (χ0n) is 22.1. The molecule has 3 aliphatic rings. The van der Waals surface area contributed by atoms with E-state index in [1.165, 1.54) is 12.7 Å². The molecule has 3 heterocycles. The van der Waals surface area contributed by atoms with Crippen molar-refractivity contribution >= 4 is 23.5 Å². The molecule has 8 nitrogen and oxygen atoms in total. The smallest absolute Gasteiger partial charge is 0.328 e. The van der Waals surface area contributed by atoms with Gasteiger partial charge in [-0.05, 0) is 68.2 Å². The maximum absolute atomic E-state index is 13.3. The lowest BCUT2D eigenvalue weighted by Crippen LogP contribution is -2.51. The Labute approximate surface area is 223 Å². The third-order valence-electron chi connectivity index (χ3n) is 8.04. The second-order valence-corrected chi connectivity index (χ2v) is 10.7. The van der Waals surface area contributed by atoms with E-state index < -0.39 is 17.6 Å². The van der Waals surface area contributed by atoms with Crippen molar-refractivity contribution in [2.75, 3.05) is 26.7 Å². The molecule has 0 spiro atoms. The van der Waals surface area contributed by atoms with Crippen molar-refractivity contribution in [3.63, 3.8) is 0 Å². The first-order valence-electron chi connectivity index (χ1n) is 13.5. The van der Waals surface area contributed by atoms with Gasteiger partial charge in [-0.2, -0.15) is 0 Å². The molecule has 2 atom stereocenters. The average Bonchev–Trinajstić information content (AvgIpc) is 3.61. The van der Waals surface area contributed by atoms with Crippen LogP contribution in [0.2, 0.25) is 0 Å². The molecule has 200 valence electrons. The molecule has 8 heteroatoms. The second-order valence-electron chi connectivity index (χ2n) is 10.7. The van der Waals surface area contributed by atoms with Crippen LogP contribution in [-0.4, -0.2) is 71.7 Å². The first-order chi connectivity index (χ1) is 18.4. The van der Waals surface area contributed by atoms with Crippen molar-refractivity contribution in [1.82, 2.24) is 9.80 Å². The Bertz CT molecular complexity index is 1200. The molecule has 2 aromatic carbocycles. The van der Waals surface area contributed by atoms with Gasteiger partial charge in [-0.3, -0.25) is 9.59 Å². The van der Waals surface area contributed by atoms with Crippen LogP contribution < -0.4 is 0 Å². The molecule has 0 bridgehead atoms. The molecule has 5 rings (SSSR count). The summed E-state index contributed by atoms with van der Waals surface area (Å²) in [6.07, 6.45) is 4.70. The maximum atomic E-state index is 13.3. The van der Waals surface area contributed by atoms with Gasteiger partial charge in [0.1, 0.15) is 6.04 Å². The number of methoxy groups -OCH3 is 1. The number of oxime groups is 1. The molecule has 38 heavy (non-hydrogen) atoms. The fourth-order valence-corrected chi connectivity index (χ4v) is 5.78. The normalized spacial score (nSPS) is 23.6. The van der Waals surface area contributed by atoms with Gasteiger partial charge in [-0.15, -0.1) is 0 Å². The molecular formula is C30H35N3O5. The number of amides is 2. The van der Waals surface area contributed by atoms with Crippen LogP contribution >= 0.6 is 0 Å². The van der Waals surface area contributed by atoms with Gasteiger partial charge in [0.05, 0.1) is 12.8 Å². The Kier molecular flexibility index (Phi) is 7.49. The van der Waals surface area contributed by atoms with Gasteiger partial charge >= 0.3 is 5.97 Å². The van der Waals surface area contributed by atoms with E-state index in [2.05, 4.69) is 29.4 Å². The predicted octanol–water partition coefficient (Wildman–Crippen LogP) is 3.83. The van der Waals surface area contributed by atoms with Crippen LogP contribution in [0.5, 0.6) is 0 Å². The Morgan fingerprint density at radius 3 is 2.39 bits per heavy atom. The molecule has 0 aliphatic carbocycles. The summed E-state index contributed by atoms with van der Waals surface area (Å²) in [4.78, 5) is 47.7. The monoisotopic (exact) mass is 517 g/mol. The number of likely N-dealkylation sites (tertiary alicyclic amines) is 2. The van der Waals surface area contributed by atoms with E-state index in [0.29, 0.717) is 36.6 Å². The molecule has 2 saturated heterocycles. The molecule has 2 unspecified atom stereocenters. The minimum absolute atomic E-state index is 0.0437. The highest BCUT2D eigenvalue weighted by Crippen LogP contribution is 2.32. The van der Waals surface area contributed by atoms with E-state index in [4.69, 9.17) is 9.57 Å². The highest BCUT2D eigenvalue weighted by molar-refractivity contribution is 6.06. The Hall–Kier alpha value is -3.68.